The zero-order valence-corrected chi connectivity index (χ0v) is 20.5. The van der Waals surface area contributed by atoms with Crippen molar-refractivity contribution in [1.82, 2.24) is 9.79 Å². The molecule has 2 fully saturated rings. The fourth-order valence-corrected chi connectivity index (χ4v) is 5.83. The van der Waals surface area contributed by atoms with E-state index >= 15 is 0 Å². The number of hydroxylamine groups is 1. The zero-order valence-electron chi connectivity index (χ0n) is 19.7. The number of ether oxygens (including phenoxy) is 2. The molecule has 0 aromatic heterocycles. The summed E-state index contributed by atoms with van der Waals surface area (Å²) in [6.45, 7) is 0.480. The van der Waals surface area contributed by atoms with Crippen LogP contribution in [-0.4, -0.2) is 50.7 Å². The number of rotatable bonds is 7. The summed E-state index contributed by atoms with van der Waals surface area (Å²) in [5, 5.41) is 0. The molecule has 13 heteroatoms. The van der Waals surface area contributed by atoms with Crippen LogP contribution in [0.15, 0.2) is 47.4 Å². The van der Waals surface area contributed by atoms with E-state index in [0.29, 0.717) is 13.0 Å². The number of hydrogen-bond donors (Lipinski definition) is 1. The van der Waals surface area contributed by atoms with Crippen molar-refractivity contribution in [2.24, 2.45) is 0 Å². The first-order chi connectivity index (χ1) is 17.6. The number of piperidine rings is 1. The first kappa shape index (κ1) is 27.3. The first-order valence-electron chi connectivity index (χ1n) is 11.8. The molecular weight excluding hydrogens is 520 g/mol. The maximum atomic E-state index is 14.6. The SMILES string of the molecule is O=C(NOC1CCCCO1)c1c(F)cccc1S(=O)(=O)N1CCC(Oc2ccc(C(F)(F)F)cc2)CC1. The van der Waals surface area contributed by atoms with Crippen LogP contribution >= 0.6 is 0 Å². The Hall–Kier alpha value is -2.74. The van der Waals surface area contributed by atoms with Gasteiger partial charge >= 0.3 is 6.18 Å². The smallest absolute Gasteiger partial charge is 0.416 e. The van der Waals surface area contributed by atoms with Crippen LogP contribution in [0.3, 0.4) is 0 Å². The van der Waals surface area contributed by atoms with E-state index in [4.69, 9.17) is 14.3 Å². The molecule has 1 unspecified atom stereocenters. The lowest BCUT2D eigenvalue weighted by molar-refractivity contribution is -0.186. The Kier molecular flexibility index (Phi) is 8.36. The zero-order chi connectivity index (χ0) is 26.6. The fourth-order valence-electron chi connectivity index (χ4n) is 4.16. The fraction of sp³-hybridized carbons (Fsp3) is 0.458. The molecule has 2 aliphatic rings. The summed E-state index contributed by atoms with van der Waals surface area (Å²) in [6, 6.07) is 7.58. The van der Waals surface area contributed by atoms with Crippen LogP contribution < -0.4 is 10.2 Å². The summed E-state index contributed by atoms with van der Waals surface area (Å²) in [7, 11) is -4.26. The van der Waals surface area contributed by atoms with Gasteiger partial charge in [-0.3, -0.25) is 4.79 Å². The number of benzene rings is 2. The second-order valence-corrected chi connectivity index (χ2v) is 10.6. The van der Waals surface area contributed by atoms with Gasteiger partial charge in [0.2, 0.25) is 10.0 Å². The van der Waals surface area contributed by atoms with Crippen LogP contribution in [0.1, 0.15) is 48.0 Å². The van der Waals surface area contributed by atoms with Crippen molar-refractivity contribution in [3.63, 3.8) is 0 Å². The first-order valence-corrected chi connectivity index (χ1v) is 13.2. The van der Waals surface area contributed by atoms with E-state index in [2.05, 4.69) is 5.48 Å². The lowest BCUT2D eigenvalue weighted by Gasteiger charge is -2.32. The number of carbonyl (C=O) groups is 1. The van der Waals surface area contributed by atoms with E-state index in [-0.39, 0.29) is 31.7 Å². The number of nitrogens with zero attached hydrogens (tertiary/aromatic N) is 1. The molecule has 1 amide bonds. The third-order valence-electron chi connectivity index (χ3n) is 6.13. The highest BCUT2D eigenvalue weighted by molar-refractivity contribution is 7.89. The number of nitrogens with one attached hydrogen (secondary N) is 1. The molecule has 1 N–H and O–H groups in total. The predicted molar refractivity (Wildman–Crippen MR) is 122 cm³/mol. The van der Waals surface area contributed by atoms with Crippen LogP contribution in [0.4, 0.5) is 17.6 Å². The van der Waals surface area contributed by atoms with E-state index < -0.39 is 56.3 Å². The van der Waals surface area contributed by atoms with Crippen LogP contribution in [0, 0.1) is 5.82 Å². The van der Waals surface area contributed by atoms with Crippen LogP contribution in [0.25, 0.3) is 0 Å². The summed E-state index contributed by atoms with van der Waals surface area (Å²) >= 11 is 0. The molecule has 0 bridgehead atoms. The highest BCUT2D eigenvalue weighted by Crippen LogP contribution is 2.31. The van der Waals surface area contributed by atoms with Gasteiger partial charge in [0.25, 0.3) is 5.91 Å². The molecule has 0 spiro atoms. The monoisotopic (exact) mass is 546 g/mol. The Morgan fingerprint density at radius 1 is 1.03 bits per heavy atom. The average molecular weight is 547 g/mol. The van der Waals surface area contributed by atoms with Gasteiger partial charge in [-0.2, -0.15) is 17.5 Å². The molecule has 0 aliphatic carbocycles. The molecule has 8 nitrogen and oxygen atoms in total. The van der Waals surface area contributed by atoms with Gasteiger partial charge in [0.15, 0.2) is 6.29 Å². The van der Waals surface area contributed by atoms with Crippen molar-refractivity contribution in [3.8, 4) is 5.75 Å². The number of sulfonamides is 1. The topological polar surface area (TPSA) is 94.2 Å². The van der Waals surface area contributed by atoms with E-state index in [1.807, 2.05) is 0 Å². The number of hydrogen-bond acceptors (Lipinski definition) is 6. The molecule has 2 aromatic carbocycles. The summed E-state index contributed by atoms with van der Waals surface area (Å²) in [4.78, 5) is 17.4. The van der Waals surface area contributed by atoms with Gasteiger partial charge in [0.1, 0.15) is 17.7 Å². The molecule has 0 saturated carbocycles. The summed E-state index contributed by atoms with van der Waals surface area (Å²) < 4.78 is 91.7. The molecule has 202 valence electrons. The van der Waals surface area contributed by atoms with E-state index in [0.717, 1.165) is 41.4 Å². The molecule has 2 saturated heterocycles. The normalized spacial score (nSPS) is 19.9. The standard InChI is InChI=1S/C24H26F4N2O6S/c25-19-4-3-5-20(22(19)23(31)29-36-21-6-1-2-15-34-21)37(32,33)30-13-11-18(12-14-30)35-17-9-7-16(8-10-17)24(26,27)28/h3-5,7-10,18,21H,1-2,6,11-15H2,(H,29,31). The summed E-state index contributed by atoms with van der Waals surface area (Å²) in [5.74, 6) is -1.83. The number of alkyl halides is 3. The van der Waals surface area contributed by atoms with Gasteiger partial charge in [0.05, 0.1) is 16.0 Å². The molecule has 2 heterocycles. The minimum absolute atomic E-state index is 0.0115. The van der Waals surface area contributed by atoms with Crippen molar-refractivity contribution >= 4 is 15.9 Å². The van der Waals surface area contributed by atoms with Gasteiger partial charge in [0, 0.05) is 26.1 Å². The van der Waals surface area contributed by atoms with E-state index in [1.54, 1.807) is 0 Å². The lowest BCUT2D eigenvalue weighted by Crippen LogP contribution is -2.42. The molecule has 1 atom stereocenters. The largest absolute Gasteiger partial charge is 0.490 e. The van der Waals surface area contributed by atoms with Gasteiger partial charge in [-0.15, -0.1) is 0 Å². The number of carbonyl (C=O) groups excluding carboxylic acids is 1. The quantitative estimate of drug-likeness (QED) is 0.412. The molecule has 0 radical (unpaired) electrons. The van der Waals surface area contributed by atoms with Crippen molar-refractivity contribution in [3.05, 3.63) is 59.4 Å². The van der Waals surface area contributed by atoms with E-state index in [9.17, 15) is 30.8 Å². The Morgan fingerprint density at radius 3 is 2.35 bits per heavy atom. The van der Waals surface area contributed by atoms with Crippen LogP contribution in [0.2, 0.25) is 0 Å². The van der Waals surface area contributed by atoms with Crippen molar-refractivity contribution < 1.29 is 45.1 Å². The molecule has 4 rings (SSSR count). The van der Waals surface area contributed by atoms with E-state index in [1.165, 1.54) is 18.2 Å². The average Bonchev–Trinajstić information content (AvgIpc) is 2.88. The van der Waals surface area contributed by atoms with Crippen molar-refractivity contribution in [1.29, 1.82) is 0 Å². The van der Waals surface area contributed by atoms with Crippen molar-refractivity contribution in [2.45, 2.75) is 55.6 Å². The summed E-state index contributed by atoms with van der Waals surface area (Å²) in [6.07, 6.45) is -2.87. The highest BCUT2D eigenvalue weighted by atomic mass is 32.2. The maximum Gasteiger partial charge on any atom is 0.416 e. The van der Waals surface area contributed by atoms with Gasteiger partial charge in [-0.05, 0) is 62.1 Å². The molecule has 2 aliphatic heterocycles. The molecular formula is C24H26F4N2O6S. The van der Waals surface area contributed by atoms with Crippen LogP contribution in [-0.2, 0) is 25.8 Å². The third kappa shape index (κ3) is 6.58. The van der Waals surface area contributed by atoms with Crippen LogP contribution in [0.5, 0.6) is 5.75 Å². The van der Waals surface area contributed by atoms with Gasteiger partial charge in [-0.25, -0.2) is 23.1 Å². The van der Waals surface area contributed by atoms with Gasteiger partial charge < -0.3 is 9.47 Å². The predicted octanol–water partition coefficient (Wildman–Crippen LogP) is 4.26. The van der Waals surface area contributed by atoms with Gasteiger partial charge in [-0.1, -0.05) is 6.07 Å². The highest BCUT2D eigenvalue weighted by Gasteiger charge is 2.35. The Labute approximate surface area is 211 Å². The minimum Gasteiger partial charge on any atom is -0.490 e. The second-order valence-electron chi connectivity index (χ2n) is 8.70. The minimum atomic E-state index is -4.46. The molecule has 2 aromatic rings. The Bertz CT molecular complexity index is 1190. The number of halogens is 4. The summed E-state index contributed by atoms with van der Waals surface area (Å²) in [5.41, 5.74) is 0.631. The third-order valence-corrected chi connectivity index (χ3v) is 8.07. The lowest BCUT2D eigenvalue weighted by atomic mass is 10.1. The molecule has 37 heavy (non-hydrogen) atoms. The maximum absolute atomic E-state index is 14.6. The number of amides is 1. The van der Waals surface area contributed by atoms with Crippen molar-refractivity contribution in [2.75, 3.05) is 19.7 Å². The Balaban J connectivity index is 1.40. The Morgan fingerprint density at radius 2 is 1.73 bits per heavy atom. The second kappa shape index (κ2) is 11.3.